The molecule has 2 aliphatic carbocycles. The van der Waals surface area contributed by atoms with Crippen LogP contribution in [0.5, 0.6) is 0 Å². The fraction of sp³-hybridized carbons (Fsp3) is 0.414. The number of anilines is 2. The summed E-state index contributed by atoms with van der Waals surface area (Å²) >= 11 is 0. The predicted molar refractivity (Wildman–Crippen MR) is 543 cm³/mol. The van der Waals surface area contributed by atoms with Gasteiger partial charge in [0.05, 0.1) is 52.4 Å². The van der Waals surface area contributed by atoms with Gasteiger partial charge in [0.25, 0.3) is 0 Å². The Bertz CT molecular complexity index is 5760. The third kappa shape index (κ3) is 24.1. The number of nitrogens with one attached hydrogen (secondary N) is 1. The number of hydrogen-bond acceptors (Lipinski definition) is 13. The number of aromatic nitrogens is 1. The average molecular weight is 1780 g/mol. The lowest BCUT2D eigenvalue weighted by Gasteiger charge is -2.27. The molecule has 4 atom stereocenters. The van der Waals surface area contributed by atoms with E-state index in [9.17, 15) is 39.3 Å². The van der Waals surface area contributed by atoms with Crippen molar-refractivity contribution in [1.82, 2.24) is 4.57 Å². The number of fused-ring (bicyclic) bond motifs is 5. The normalized spacial score (nSPS) is 16.6. The number of aliphatic hydroxyl groups is 1. The SMILES string of the molecule is CC.CCC(C)(C)C(=O)OCCCn1c(C)c(C2=C(O)C(=C3C(C)=Nc4ccccc43)C2=O)c2ccccc21.CCC(C)C(=O)[O-].CCC(C)C(=O)[O-].CCC(C)c1ccc([NH+]=C2C=CC(=C(c3ccc(C)cc3)c3ccc(N(CC)CC)cc3)c3ccccc32)cc1.CCCCN1C(=CCCC2=[N+](CCCOC(=O)C(C)CC)c3ccccc3C2(C)C)C(C)(C)c2ccccc21. The molecule has 4 unspecified atom stereocenters. The lowest BCUT2D eigenvalue weighted by molar-refractivity contribution is -0.441. The van der Waals surface area contributed by atoms with Gasteiger partial charge in [0, 0.05) is 142 Å². The first kappa shape index (κ1) is 104. The minimum Gasteiger partial charge on any atom is -0.550 e. The number of aryl methyl sites for hydroxylation is 2. The minimum atomic E-state index is -0.956. The molecule has 8 aromatic carbocycles. The van der Waals surface area contributed by atoms with Crippen molar-refractivity contribution in [2.45, 2.75) is 253 Å². The van der Waals surface area contributed by atoms with Gasteiger partial charge in [-0.05, 0) is 213 Å². The molecule has 0 saturated heterocycles. The van der Waals surface area contributed by atoms with Crippen LogP contribution in [0.25, 0.3) is 33.2 Å². The molecule has 3 aliphatic heterocycles. The Morgan fingerprint density at radius 2 is 1.17 bits per heavy atom. The van der Waals surface area contributed by atoms with Crippen LogP contribution >= 0.6 is 0 Å². The van der Waals surface area contributed by atoms with Crippen molar-refractivity contribution in [3.8, 4) is 0 Å². The molecule has 5 aliphatic rings. The van der Waals surface area contributed by atoms with Gasteiger partial charge in [0.2, 0.25) is 22.9 Å². The largest absolute Gasteiger partial charge is 0.550 e. The number of esters is 2. The number of allylic oxidation sites excluding steroid dienone is 8. The summed E-state index contributed by atoms with van der Waals surface area (Å²) in [7, 11) is 0. The van der Waals surface area contributed by atoms with Crippen LogP contribution in [0, 0.1) is 37.0 Å². The number of carboxylic acid groups (broad SMARTS) is 2. The van der Waals surface area contributed by atoms with Gasteiger partial charge in [-0.1, -0.05) is 255 Å². The second-order valence-electron chi connectivity index (χ2n) is 36.7. The molecular weight excluding hydrogens is 1640 g/mol. The van der Waals surface area contributed by atoms with E-state index < -0.39 is 17.4 Å². The Hall–Kier alpha value is -12.0. The van der Waals surface area contributed by atoms with E-state index in [-0.39, 0.29) is 52.1 Å². The molecule has 14 rings (SSSR count). The zero-order valence-electron chi connectivity index (χ0n) is 83.1. The standard InChI is InChI=1S/C38H40N2.C35H49N2O2.C31H32N2O4.2C5H10O2.C2H6/c1-6-28(5)29-17-21-32(22-18-29)39-37-26-25-36(34-11-9-10-12-35(34)37)38(30-15-13-27(4)14-16-30)31-19-23-33(24-20-31)40(7-2)8-3;1-8-10-23-36-29-19-13-11-17-27(29)34(4,5)31(36)21-15-22-32-35(6,7)28-18-12-14-20-30(28)37(32)24-16-25-39-33(38)26(3)9-2;1-6-31(4,5)30(36)37-17-11-16-33-19(3)25(21-13-8-10-15-23(21)33)27-28(34)26(29(27)35)24-18(2)32-22-14-9-7-12-20(22)24;2*1-3-4(2)5(6)7;1-2/h9-26,28H,6-8H2,1-5H3;11-14,17-21,26H,8-10,15-16,22-25H2,1-7H3;7-10,12-15,34H,6,11,16-17H2,1-5H3;2*4H,3H2,1-2H3,(H,6,7);1-2H3/q;+1;;;;/p-1. The average Bonchev–Trinajstić information content (AvgIpc) is 1.47. The Morgan fingerprint density at radius 1 is 0.598 bits per heavy atom. The molecule has 132 heavy (non-hydrogen) atoms. The van der Waals surface area contributed by atoms with E-state index in [0.29, 0.717) is 61.7 Å². The molecule has 2 N–H and O–H groups in total. The molecule has 0 amide bonds. The zero-order valence-corrected chi connectivity index (χ0v) is 83.1. The van der Waals surface area contributed by atoms with Crippen LogP contribution in [-0.2, 0) is 50.8 Å². The van der Waals surface area contributed by atoms with Gasteiger partial charge in [-0.2, -0.15) is 4.58 Å². The van der Waals surface area contributed by atoms with Gasteiger partial charge < -0.3 is 48.7 Å². The number of Topliss-reactive ketones (excluding diaryl/α,β-unsaturated/α-hetero) is 1. The highest BCUT2D eigenvalue weighted by atomic mass is 16.5. The Labute approximate surface area is 787 Å². The highest BCUT2D eigenvalue weighted by molar-refractivity contribution is 6.48. The van der Waals surface area contributed by atoms with Crippen LogP contribution in [0.15, 0.2) is 234 Å². The first-order valence-electron chi connectivity index (χ1n) is 48.4. The van der Waals surface area contributed by atoms with Crippen LogP contribution in [0.3, 0.4) is 0 Å². The van der Waals surface area contributed by atoms with Crippen molar-refractivity contribution < 1.29 is 58.3 Å². The first-order chi connectivity index (χ1) is 63.2. The second-order valence-corrected chi connectivity index (χ2v) is 36.7. The Morgan fingerprint density at radius 3 is 1.76 bits per heavy atom. The molecule has 9 aromatic rings. The quantitative estimate of drug-likeness (QED) is 0.0180. The highest BCUT2D eigenvalue weighted by Crippen LogP contribution is 2.51. The number of aliphatic imine (C=N–C) groups is 1. The van der Waals surface area contributed by atoms with Crippen LogP contribution in [0.4, 0.5) is 28.4 Å². The first-order valence-corrected chi connectivity index (χ1v) is 48.4. The molecule has 0 bridgehead atoms. The van der Waals surface area contributed by atoms with Crippen molar-refractivity contribution >= 4 is 108 Å². The van der Waals surface area contributed by atoms with E-state index in [1.807, 2.05) is 125 Å². The lowest BCUT2D eigenvalue weighted by Crippen LogP contribution is -2.66. The van der Waals surface area contributed by atoms with Gasteiger partial charge in [-0.15, -0.1) is 0 Å². The number of ether oxygens (including phenoxy) is 2. The van der Waals surface area contributed by atoms with Crippen LogP contribution < -0.4 is 25.0 Å². The molecule has 4 heterocycles. The van der Waals surface area contributed by atoms with E-state index in [0.717, 1.165) is 115 Å². The van der Waals surface area contributed by atoms with Crippen molar-refractivity contribution in [2.24, 2.45) is 28.2 Å². The number of unbranched alkanes of at least 4 members (excludes halogenated alkanes) is 1. The smallest absolute Gasteiger partial charge is 0.311 e. The lowest BCUT2D eigenvalue weighted by atomic mass is 9.78. The Balaban J connectivity index is 0.000000205. The fourth-order valence-electron chi connectivity index (χ4n) is 17.4. The van der Waals surface area contributed by atoms with Crippen LogP contribution in [-0.4, -0.2) is 100 Å². The number of nitrogens with zero attached hydrogens (tertiary/aromatic N) is 5. The molecule has 700 valence electrons. The highest BCUT2D eigenvalue weighted by Gasteiger charge is 2.46. The zero-order chi connectivity index (χ0) is 96.5. The van der Waals surface area contributed by atoms with Crippen molar-refractivity contribution in [2.75, 3.05) is 49.2 Å². The number of carbonyl (C=O) groups excluding carboxylic acids is 5. The maximum atomic E-state index is 13.6. The number of carboxylic acids is 2. The van der Waals surface area contributed by atoms with E-state index in [2.05, 4.69) is 262 Å². The van der Waals surface area contributed by atoms with E-state index in [4.69, 9.17) is 9.47 Å². The van der Waals surface area contributed by atoms with E-state index in [1.54, 1.807) is 13.8 Å². The monoisotopic (exact) mass is 1780 g/mol. The van der Waals surface area contributed by atoms with Gasteiger partial charge in [0.1, 0.15) is 5.76 Å². The summed E-state index contributed by atoms with van der Waals surface area (Å²) in [6.45, 7) is 52.7. The number of hydrogen-bond donors (Lipinski definition) is 2. The van der Waals surface area contributed by atoms with Crippen molar-refractivity contribution in [3.05, 3.63) is 291 Å². The molecule has 16 nitrogen and oxygen atoms in total. The van der Waals surface area contributed by atoms with Gasteiger partial charge >= 0.3 is 11.9 Å². The number of aliphatic carboxylic acids is 2. The molecule has 16 heteroatoms. The summed E-state index contributed by atoms with van der Waals surface area (Å²) in [5.74, 6) is -2.37. The predicted octanol–water partition coefficient (Wildman–Crippen LogP) is 23.7. The summed E-state index contributed by atoms with van der Waals surface area (Å²) < 4.78 is 15.8. The number of ketones is 1. The van der Waals surface area contributed by atoms with Crippen molar-refractivity contribution in [1.29, 1.82) is 0 Å². The fourth-order valence-corrected chi connectivity index (χ4v) is 17.4. The van der Waals surface area contributed by atoms with Crippen molar-refractivity contribution in [3.63, 3.8) is 0 Å². The maximum Gasteiger partial charge on any atom is 0.311 e. The molecule has 0 spiro atoms. The molecular formula is C116H146N6O10. The number of carbonyl (C=O) groups is 5. The maximum absolute atomic E-state index is 13.6. The summed E-state index contributed by atoms with van der Waals surface area (Å²) in [6, 6.07) is 69.0. The second kappa shape index (κ2) is 47.9. The number of para-hydroxylation sites is 4. The topological polar surface area (TPSA) is 211 Å². The molecule has 0 fully saturated rings. The summed E-state index contributed by atoms with van der Waals surface area (Å²) in [5.41, 5.74) is 27.9. The number of aliphatic hydroxyl groups excluding tert-OH is 1. The summed E-state index contributed by atoms with van der Waals surface area (Å²) in [4.78, 5) is 71.0. The van der Waals surface area contributed by atoms with E-state index in [1.165, 1.54) is 97.0 Å². The third-order valence-electron chi connectivity index (χ3n) is 26.9. The van der Waals surface area contributed by atoms with Gasteiger partial charge in [0.15, 0.2) is 12.3 Å². The summed E-state index contributed by atoms with van der Waals surface area (Å²) in [5, 5.41) is 31.8. The van der Waals surface area contributed by atoms with Crippen LogP contribution in [0.2, 0.25) is 0 Å². The molecule has 0 radical (unpaired) electrons. The molecule has 0 saturated carbocycles. The third-order valence-corrected chi connectivity index (χ3v) is 26.9. The number of rotatable bonds is 31. The molecule has 1 aromatic heterocycles. The Kier molecular flexibility index (Phi) is 37.6. The van der Waals surface area contributed by atoms with Gasteiger partial charge in [-0.25, -0.2) is 4.99 Å². The number of benzene rings is 8. The van der Waals surface area contributed by atoms with Gasteiger partial charge in [-0.3, -0.25) is 19.4 Å². The minimum absolute atomic E-state index is 0.00233. The van der Waals surface area contributed by atoms with E-state index >= 15 is 0 Å². The summed E-state index contributed by atoms with van der Waals surface area (Å²) in [6.07, 6.45) is 16.9. The van der Waals surface area contributed by atoms with Crippen LogP contribution in [0.1, 0.15) is 283 Å².